The molecule has 2 aromatic heterocycles. The van der Waals surface area contributed by atoms with Crippen LogP contribution in [-0.4, -0.2) is 44.0 Å². The summed E-state index contributed by atoms with van der Waals surface area (Å²) in [4.78, 5) is 23.1. The number of carboxylic acid groups (broad SMARTS) is 1. The largest absolute Gasteiger partial charge is 0.465 e. The predicted molar refractivity (Wildman–Crippen MR) is 101 cm³/mol. The van der Waals surface area contributed by atoms with E-state index in [-0.39, 0.29) is 11.5 Å². The Morgan fingerprint density at radius 3 is 3.04 bits per heavy atom. The molecule has 0 radical (unpaired) electrons. The standard InChI is InChI=1S/C19H19N5O4/c25-18-4-6-23(16-10-20-24(11-16)15-5-7-28-12-15)22-17(18)9-13-2-1-3-14(8-13)21-19(26)27/h1-4,6,8,10-11,15,21H,5,7,9,12H2,(H,26,27). The van der Waals surface area contributed by atoms with E-state index in [0.29, 0.717) is 24.4 Å². The molecule has 1 aliphatic rings. The smallest absolute Gasteiger partial charge is 0.409 e. The summed E-state index contributed by atoms with van der Waals surface area (Å²) in [6, 6.07) is 8.58. The number of anilines is 1. The Bertz CT molecular complexity index is 1050. The van der Waals surface area contributed by atoms with Crippen LogP contribution < -0.4 is 10.7 Å². The van der Waals surface area contributed by atoms with Crippen molar-refractivity contribution in [1.29, 1.82) is 0 Å². The summed E-state index contributed by atoms with van der Waals surface area (Å²) in [6.45, 7) is 1.38. The van der Waals surface area contributed by atoms with Crippen molar-refractivity contribution >= 4 is 11.8 Å². The lowest BCUT2D eigenvalue weighted by Crippen LogP contribution is -2.16. The van der Waals surface area contributed by atoms with Crippen molar-refractivity contribution in [3.05, 3.63) is 70.4 Å². The van der Waals surface area contributed by atoms with E-state index in [9.17, 15) is 9.59 Å². The Morgan fingerprint density at radius 1 is 1.36 bits per heavy atom. The zero-order valence-electron chi connectivity index (χ0n) is 15.0. The topological polar surface area (TPSA) is 111 Å². The van der Waals surface area contributed by atoms with Crippen LogP contribution in [0.5, 0.6) is 0 Å². The van der Waals surface area contributed by atoms with Gasteiger partial charge in [0, 0.05) is 31.0 Å². The fourth-order valence-corrected chi connectivity index (χ4v) is 3.17. The highest BCUT2D eigenvalue weighted by Crippen LogP contribution is 2.19. The molecule has 4 rings (SSSR count). The molecular formula is C19H19N5O4. The molecule has 1 fully saturated rings. The van der Waals surface area contributed by atoms with E-state index in [1.807, 2.05) is 16.9 Å². The average molecular weight is 381 g/mol. The fraction of sp³-hybridized carbons (Fsp3) is 0.263. The molecule has 144 valence electrons. The van der Waals surface area contributed by atoms with Crippen molar-refractivity contribution in [2.45, 2.75) is 18.9 Å². The minimum atomic E-state index is -1.14. The fourth-order valence-electron chi connectivity index (χ4n) is 3.17. The maximum atomic E-state index is 12.3. The molecule has 3 aromatic rings. The number of benzene rings is 1. The lowest BCUT2D eigenvalue weighted by Gasteiger charge is -2.08. The third kappa shape index (κ3) is 3.94. The Kier molecular flexibility index (Phi) is 4.90. The molecular weight excluding hydrogens is 362 g/mol. The van der Waals surface area contributed by atoms with Crippen LogP contribution in [0.25, 0.3) is 5.69 Å². The zero-order chi connectivity index (χ0) is 19.5. The maximum absolute atomic E-state index is 12.3. The van der Waals surface area contributed by atoms with Crippen LogP contribution in [0, 0.1) is 0 Å². The van der Waals surface area contributed by atoms with Crippen molar-refractivity contribution in [2.24, 2.45) is 0 Å². The molecule has 28 heavy (non-hydrogen) atoms. The van der Waals surface area contributed by atoms with Gasteiger partial charge < -0.3 is 9.84 Å². The maximum Gasteiger partial charge on any atom is 0.409 e. The number of amides is 1. The SMILES string of the molecule is O=C(O)Nc1cccc(Cc2nn(-c3cnn(C4CCOC4)c3)ccc2=O)c1. The molecule has 0 saturated carbocycles. The molecule has 1 unspecified atom stereocenters. The molecule has 0 spiro atoms. The Balaban J connectivity index is 1.58. The third-order valence-corrected chi connectivity index (χ3v) is 4.56. The number of hydrogen-bond acceptors (Lipinski definition) is 5. The molecule has 1 saturated heterocycles. The van der Waals surface area contributed by atoms with Crippen LogP contribution in [0.3, 0.4) is 0 Å². The molecule has 9 heteroatoms. The number of nitrogens with zero attached hydrogens (tertiary/aromatic N) is 4. The molecule has 0 aliphatic carbocycles. The van der Waals surface area contributed by atoms with Gasteiger partial charge in [-0.15, -0.1) is 0 Å². The Labute approximate surface area is 160 Å². The Morgan fingerprint density at radius 2 is 2.25 bits per heavy atom. The van der Waals surface area contributed by atoms with E-state index in [0.717, 1.165) is 24.3 Å². The summed E-state index contributed by atoms with van der Waals surface area (Å²) < 4.78 is 8.88. The van der Waals surface area contributed by atoms with Crippen LogP contribution in [0.15, 0.2) is 53.7 Å². The normalized spacial score (nSPS) is 16.2. The lowest BCUT2D eigenvalue weighted by atomic mass is 10.1. The van der Waals surface area contributed by atoms with Crippen molar-refractivity contribution in [1.82, 2.24) is 19.6 Å². The van der Waals surface area contributed by atoms with Gasteiger partial charge in [0.15, 0.2) is 0 Å². The highest BCUT2D eigenvalue weighted by atomic mass is 16.5. The van der Waals surface area contributed by atoms with E-state index >= 15 is 0 Å². The molecule has 9 nitrogen and oxygen atoms in total. The van der Waals surface area contributed by atoms with Crippen molar-refractivity contribution < 1.29 is 14.6 Å². The highest BCUT2D eigenvalue weighted by molar-refractivity contribution is 5.82. The van der Waals surface area contributed by atoms with E-state index in [1.165, 1.54) is 6.07 Å². The summed E-state index contributed by atoms with van der Waals surface area (Å²) >= 11 is 0. The first-order chi connectivity index (χ1) is 13.6. The van der Waals surface area contributed by atoms with Gasteiger partial charge in [0.25, 0.3) is 0 Å². The van der Waals surface area contributed by atoms with Gasteiger partial charge in [-0.25, -0.2) is 9.48 Å². The predicted octanol–water partition coefficient (Wildman–Crippen LogP) is 2.07. The van der Waals surface area contributed by atoms with Gasteiger partial charge in [0.2, 0.25) is 5.43 Å². The molecule has 2 N–H and O–H groups in total. The number of carbonyl (C=O) groups is 1. The second-order valence-corrected chi connectivity index (χ2v) is 6.57. The van der Waals surface area contributed by atoms with Crippen LogP contribution >= 0.6 is 0 Å². The molecule has 1 aliphatic heterocycles. The summed E-state index contributed by atoms with van der Waals surface area (Å²) in [5.41, 5.74) is 2.18. The number of rotatable bonds is 5. The number of ether oxygens (including phenoxy) is 1. The number of aromatic nitrogens is 4. The van der Waals surface area contributed by atoms with E-state index in [2.05, 4.69) is 15.5 Å². The summed E-state index contributed by atoms with van der Waals surface area (Å²) in [5.74, 6) is 0. The van der Waals surface area contributed by atoms with Crippen LogP contribution in [0.1, 0.15) is 23.7 Å². The van der Waals surface area contributed by atoms with Gasteiger partial charge in [-0.05, 0) is 24.1 Å². The number of nitrogens with one attached hydrogen (secondary N) is 1. The van der Waals surface area contributed by atoms with E-state index in [4.69, 9.17) is 9.84 Å². The second kappa shape index (κ2) is 7.65. The molecule has 0 bridgehead atoms. The first-order valence-corrected chi connectivity index (χ1v) is 8.88. The average Bonchev–Trinajstić information content (AvgIpc) is 3.35. The minimum absolute atomic E-state index is 0.176. The Hall–Kier alpha value is -3.46. The molecule has 3 heterocycles. The van der Waals surface area contributed by atoms with E-state index in [1.54, 1.807) is 35.3 Å². The quantitative estimate of drug-likeness (QED) is 0.700. The van der Waals surface area contributed by atoms with Gasteiger partial charge in [-0.2, -0.15) is 10.2 Å². The minimum Gasteiger partial charge on any atom is -0.465 e. The molecule has 1 amide bonds. The van der Waals surface area contributed by atoms with Crippen LogP contribution in [-0.2, 0) is 11.2 Å². The van der Waals surface area contributed by atoms with Crippen LogP contribution in [0.4, 0.5) is 10.5 Å². The summed E-state index contributed by atoms with van der Waals surface area (Å²) in [5, 5.41) is 20.0. The number of hydrogen-bond donors (Lipinski definition) is 2. The van der Waals surface area contributed by atoms with Gasteiger partial charge in [0.1, 0.15) is 11.4 Å². The van der Waals surface area contributed by atoms with Crippen LogP contribution in [0.2, 0.25) is 0 Å². The van der Waals surface area contributed by atoms with Crippen molar-refractivity contribution in [2.75, 3.05) is 18.5 Å². The van der Waals surface area contributed by atoms with Crippen molar-refractivity contribution in [3.8, 4) is 5.69 Å². The monoisotopic (exact) mass is 381 g/mol. The van der Waals surface area contributed by atoms with Crippen molar-refractivity contribution in [3.63, 3.8) is 0 Å². The zero-order valence-corrected chi connectivity index (χ0v) is 15.0. The molecule has 1 atom stereocenters. The second-order valence-electron chi connectivity index (χ2n) is 6.57. The third-order valence-electron chi connectivity index (χ3n) is 4.56. The molecule has 1 aromatic carbocycles. The van der Waals surface area contributed by atoms with Gasteiger partial charge in [-0.1, -0.05) is 12.1 Å². The highest BCUT2D eigenvalue weighted by Gasteiger charge is 2.18. The summed E-state index contributed by atoms with van der Waals surface area (Å²) in [7, 11) is 0. The van der Waals surface area contributed by atoms with E-state index < -0.39 is 6.09 Å². The van der Waals surface area contributed by atoms with Gasteiger partial charge in [-0.3, -0.25) is 14.8 Å². The lowest BCUT2D eigenvalue weighted by molar-refractivity contribution is 0.184. The first kappa shape index (κ1) is 17.9. The van der Waals surface area contributed by atoms with Gasteiger partial charge in [0.05, 0.1) is 25.0 Å². The van der Waals surface area contributed by atoms with Gasteiger partial charge >= 0.3 is 6.09 Å². The summed E-state index contributed by atoms with van der Waals surface area (Å²) in [6.07, 6.45) is 5.28. The first-order valence-electron chi connectivity index (χ1n) is 8.88.